The molecule has 0 aliphatic carbocycles. The van der Waals surface area contributed by atoms with Crippen molar-refractivity contribution < 1.29 is 19.6 Å². The number of hydrogen-bond donors (Lipinski definition) is 1. The summed E-state index contributed by atoms with van der Waals surface area (Å²) in [5.41, 5.74) is 0. The predicted octanol–water partition coefficient (Wildman–Crippen LogP) is -0.854. The minimum absolute atomic E-state index is 0.231. The molecule has 1 unspecified atom stereocenters. The summed E-state index contributed by atoms with van der Waals surface area (Å²) in [6.45, 7) is 4.43. The first-order valence-corrected chi connectivity index (χ1v) is 4.03. The van der Waals surface area contributed by atoms with Crippen LogP contribution >= 0.6 is 0 Å². The van der Waals surface area contributed by atoms with Crippen LogP contribution in [0.25, 0.3) is 0 Å². The molecule has 2 N–H and O–H groups in total. The summed E-state index contributed by atoms with van der Waals surface area (Å²) in [7, 11) is 2.96. The van der Waals surface area contributed by atoms with E-state index in [-0.39, 0.29) is 12.0 Å². The van der Waals surface area contributed by atoms with E-state index >= 15 is 0 Å². The zero-order valence-electron chi connectivity index (χ0n) is 8.16. The molecule has 0 rings (SSSR count). The molecule has 0 aromatic heterocycles. The van der Waals surface area contributed by atoms with E-state index in [1.165, 1.54) is 7.11 Å². The second-order valence-corrected chi connectivity index (χ2v) is 3.02. The van der Waals surface area contributed by atoms with Crippen molar-refractivity contribution in [3.63, 3.8) is 0 Å². The lowest BCUT2D eigenvalue weighted by Gasteiger charge is -2.14. The van der Waals surface area contributed by atoms with E-state index < -0.39 is 0 Å². The number of rotatable bonds is 5. The van der Waals surface area contributed by atoms with Gasteiger partial charge in [0.2, 0.25) is 6.04 Å². The Morgan fingerprint density at radius 2 is 2.00 bits per heavy atom. The van der Waals surface area contributed by atoms with Crippen molar-refractivity contribution in [2.45, 2.75) is 25.9 Å². The van der Waals surface area contributed by atoms with E-state index in [9.17, 15) is 4.79 Å². The molecule has 0 aliphatic heterocycles. The van der Waals surface area contributed by atoms with Crippen LogP contribution in [0.15, 0.2) is 0 Å². The number of carbonyl (C=O) groups excluding carboxylic acids is 1. The van der Waals surface area contributed by atoms with Crippen LogP contribution in [0.2, 0.25) is 0 Å². The van der Waals surface area contributed by atoms with E-state index in [4.69, 9.17) is 4.74 Å². The van der Waals surface area contributed by atoms with Crippen LogP contribution in [0.5, 0.6) is 0 Å². The summed E-state index contributed by atoms with van der Waals surface area (Å²) in [6.07, 6.45) is 0. The van der Waals surface area contributed by atoms with Crippen molar-refractivity contribution in [2.24, 2.45) is 0 Å². The topological polar surface area (TPSA) is 52.1 Å². The summed E-state index contributed by atoms with van der Waals surface area (Å²) < 4.78 is 9.51. The monoisotopic (exact) mass is 176 g/mol. The molecule has 1 atom stereocenters. The molecule has 0 aliphatic rings. The quantitative estimate of drug-likeness (QED) is 0.555. The molecule has 12 heavy (non-hydrogen) atoms. The Bertz CT molecular complexity index is 136. The van der Waals surface area contributed by atoms with Crippen molar-refractivity contribution >= 4 is 5.97 Å². The number of carbonyl (C=O) groups is 1. The Morgan fingerprint density at radius 1 is 1.42 bits per heavy atom. The van der Waals surface area contributed by atoms with Crippen molar-refractivity contribution in [3.05, 3.63) is 0 Å². The Labute approximate surface area is 73.2 Å². The Balaban J connectivity index is 3.94. The number of ether oxygens (including phenoxy) is 2. The van der Waals surface area contributed by atoms with Crippen LogP contribution in [0.3, 0.4) is 0 Å². The Hall–Kier alpha value is -0.610. The zero-order chi connectivity index (χ0) is 9.56. The number of hydrogen-bond acceptors (Lipinski definition) is 3. The van der Waals surface area contributed by atoms with E-state index in [0.29, 0.717) is 12.6 Å². The highest BCUT2D eigenvalue weighted by Gasteiger charge is 2.23. The molecular formula is C8H18NO3+. The molecule has 4 heteroatoms. The van der Waals surface area contributed by atoms with Crippen molar-refractivity contribution in [2.75, 3.05) is 20.8 Å². The number of esters is 1. The van der Waals surface area contributed by atoms with Gasteiger partial charge in [0.1, 0.15) is 6.61 Å². The van der Waals surface area contributed by atoms with Gasteiger partial charge < -0.3 is 14.8 Å². The molecule has 0 radical (unpaired) electrons. The van der Waals surface area contributed by atoms with E-state index in [2.05, 4.69) is 4.74 Å². The fourth-order valence-electron chi connectivity index (χ4n) is 0.998. The van der Waals surface area contributed by atoms with Crippen molar-refractivity contribution in [3.8, 4) is 0 Å². The lowest BCUT2D eigenvalue weighted by molar-refractivity contribution is -0.706. The first-order valence-electron chi connectivity index (χ1n) is 4.03. The average Bonchev–Trinajstić information content (AvgIpc) is 2.01. The lowest BCUT2D eigenvalue weighted by Crippen LogP contribution is -2.96. The summed E-state index contributed by atoms with van der Waals surface area (Å²) >= 11 is 0. The van der Waals surface area contributed by atoms with Gasteiger partial charge in [-0.3, -0.25) is 0 Å². The summed E-state index contributed by atoms with van der Waals surface area (Å²) in [6, 6.07) is 0.129. The first-order chi connectivity index (χ1) is 5.61. The molecule has 0 amide bonds. The van der Waals surface area contributed by atoms with Gasteiger partial charge in [0, 0.05) is 7.11 Å². The Kier molecular flexibility index (Phi) is 5.66. The fourth-order valence-corrected chi connectivity index (χ4v) is 0.998. The smallest absolute Gasteiger partial charge is 0.367 e. The SMILES string of the molecule is COCC([NH2+]C(C)C)C(=O)OC. The van der Waals surface area contributed by atoms with E-state index in [0.717, 1.165) is 0 Å². The van der Waals surface area contributed by atoms with Gasteiger partial charge in [0.05, 0.1) is 13.2 Å². The molecule has 4 nitrogen and oxygen atoms in total. The van der Waals surface area contributed by atoms with Gasteiger partial charge in [-0.25, -0.2) is 4.79 Å². The summed E-state index contributed by atoms with van der Waals surface area (Å²) in [5, 5.41) is 1.93. The lowest BCUT2D eigenvalue weighted by atomic mass is 10.2. The maximum Gasteiger partial charge on any atom is 0.367 e. The molecule has 0 bridgehead atoms. The highest BCUT2D eigenvalue weighted by Crippen LogP contribution is 1.83. The van der Waals surface area contributed by atoms with Crippen LogP contribution < -0.4 is 5.32 Å². The molecule has 0 saturated carbocycles. The maximum absolute atomic E-state index is 11.1. The molecule has 0 saturated heterocycles. The highest BCUT2D eigenvalue weighted by atomic mass is 16.5. The van der Waals surface area contributed by atoms with Gasteiger partial charge in [-0.15, -0.1) is 0 Å². The van der Waals surface area contributed by atoms with Crippen molar-refractivity contribution in [1.82, 2.24) is 0 Å². The normalized spacial score (nSPS) is 13.1. The van der Waals surface area contributed by atoms with E-state index in [1.807, 2.05) is 19.2 Å². The van der Waals surface area contributed by atoms with Crippen molar-refractivity contribution in [1.29, 1.82) is 0 Å². The third-order valence-electron chi connectivity index (χ3n) is 1.47. The molecule has 0 aromatic carbocycles. The van der Waals surface area contributed by atoms with Crippen LogP contribution in [-0.2, 0) is 14.3 Å². The maximum atomic E-state index is 11.1. The standard InChI is InChI=1S/C8H17NO3/c1-6(2)9-7(5-11-3)8(10)12-4/h6-7,9H,5H2,1-4H3/p+1. The minimum atomic E-state index is -0.236. The van der Waals surface area contributed by atoms with E-state index in [1.54, 1.807) is 7.11 Å². The molecule has 0 spiro atoms. The second-order valence-electron chi connectivity index (χ2n) is 3.02. The van der Waals surface area contributed by atoms with Crippen LogP contribution in [0, 0.1) is 0 Å². The molecule has 0 fully saturated rings. The first kappa shape index (κ1) is 11.4. The number of methoxy groups -OCH3 is 2. The average molecular weight is 176 g/mol. The molecule has 72 valence electrons. The highest BCUT2D eigenvalue weighted by molar-refractivity contribution is 5.74. The zero-order valence-corrected chi connectivity index (χ0v) is 8.16. The number of quaternary nitrogens is 1. The third kappa shape index (κ3) is 4.31. The minimum Gasteiger partial charge on any atom is -0.465 e. The van der Waals surface area contributed by atoms with Gasteiger partial charge in [-0.2, -0.15) is 0 Å². The largest absolute Gasteiger partial charge is 0.465 e. The number of nitrogens with two attached hydrogens (primary N) is 1. The second kappa shape index (κ2) is 5.97. The van der Waals surface area contributed by atoms with Crippen LogP contribution in [0.4, 0.5) is 0 Å². The third-order valence-corrected chi connectivity index (χ3v) is 1.47. The van der Waals surface area contributed by atoms with Gasteiger partial charge >= 0.3 is 5.97 Å². The fraction of sp³-hybridized carbons (Fsp3) is 0.875. The predicted molar refractivity (Wildman–Crippen MR) is 44.7 cm³/mol. The summed E-state index contributed by atoms with van der Waals surface area (Å²) in [4.78, 5) is 11.1. The van der Waals surface area contributed by atoms with Gasteiger partial charge in [0.25, 0.3) is 0 Å². The van der Waals surface area contributed by atoms with Gasteiger partial charge in [-0.05, 0) is 13.8 Å². The van der Waals surface area contributed by atoms with Crippen LogP contribution in [-0.4, -0.2) is 38.9 Å². The van der Waals surface area contributed by atoms with Crippen LogP contribution in [0.1, 0.15) is 13.8 Å². The Morgan fingerprint density at radius 3 is 2.33 bits per heavy atom. The molecule has 0 heterocycles. The molecular weight excluding hydrogens is 158 g/mol. The molecule has 0 aromatic rings. The van der Waals surface area contributed by atoms with Gasteiger partial charge in [-0.1, -0.05) is 0 Å². The van der Waals surface area contributed by atoms with Gasteiger partial charge in [0.15, 0.2) is 0 Å². The summed E-state index contributed by atoms with van der Waals surface area (Å²) in [5.74, 6) is -0.231.